The largest absolute Gasteiger partial charge is 0.497 e. The molecule has 1 saturated carbocycles. The average Bonchev–Trinajstić information content (AvgIpc) is 3.37. The number of aliphatic imine (C=N–C) groups is 1. The van der Waals surface area contributed by atoms with Crippen LogP contribution in [-0.4, -0.2) is 57.2 Å². The summed E-state index contributed by atoms with van der Waals surface area (Å²) in [5.41, 5.74) is 1.30. The summed E-state index contributed by atoms with van der Waals surface area (Å²) >= 11 is 0. The zero-order chi connectivity index (χ0) is 16.8. The molecule has 1 aromatic rings. The van der Waals surface area contributed by atoms with Crippen LogP contribution in [0.2, 0.25) is 0 Å². The number of hydrogen-bond donors (Lipinski definition) is 2. The highest BCUT2D eigenvalue weighted by molar-refractivity contribution is 5.79. The average molecular weight is 330 g/mol. The Bertz CT molecular complexity index is 539. The van der Waals surface area contributed by atoms with Crippen molar-refractivity contribution in [3.05, 3.63) is 29.8 Å². The maximum Gasteiger partial charge on any atom is 0.190 e. The second-order valence-corrected chi connectivity index (χ2v) is 6.86. The topological polar surface area (TPSA) is 48.9 Å². The SMILES string of the molecule is CN=C(NCCc1ccc(OC)cc1)NCC1CCN(C2CC2)C1. The molecule has 2 fully saturated rings. The normalized spacial score (nSPS) is 21.8. The fourth-order valence-corrected chi connectivity index (χ4v) is 3.38. The molecule has 1 unspecified atom stereocenters. The summed E-state index contributed by atoms with van der Waals surface area (Å²) in [6.07, 6.45) is 5.11. The quantitative estimate of drug-likeness (QED) is 0.592. The molecule has 0 amide bonds. The van der Waals surface area contributed by atoms with Crippen LogP contribution in [0.5, 0.6) is 5.75 Å². The van der Waals surface area contributed by atoms with Crippen LogP contribution in [0, 0.1) is 5.92 Å². The first-order chi connectivity index (χ1) is 11.8. The Hall–Kier alpha value is -1.75. The number of methoxy groups -OCH3 is 1. The third kappa shape index (κ3) is 4.87. The van der Waals surface area contributed by atoms with E-state index in [2.05, 4.69) is 32.7 Å². The minimum atomic E-state index is 0.755. The summed E-state index contributed by atoms with van der Waals surface area (Å²) in [6, 6.07) is 9.14. The predicted octanol–water partition coefficient (Wildman–Crippen LogP) is 1.89. The van der Waals surface area contributed by atoms with Crippen LogP contribution >= 0.6 is 0 Å². The van der Waals surface area contributed by atoms with Gasteiger partial charge in [0.15, 0.2) is 5.96 Å². The molecule has 1 aromatic carbocycles. The van der Waals surface area contributed by atoms with Crippen molar-refractivity contribution in [2.45, 2.75) is 31.7 Å². The molecule has 0 aromatic heterocycles. The Labute approximate surface area is 145 Å². The number of hydrogen-bond acceptors (Lipinski definition) is 3. The van der Waals surface area contributed by atoms with E-state index in [-0.39, 0.29) is 0 Å². The smallest absolute Gasteiger partial charge is 0.190 e. The lowest BCUT2D eigenvalue weighted by Gasteiger charge is -2.17. The molecule has 5 heteroatoms. The van der Waals surface area contributed by atoms with Crippen LogP contribution in [0.25, 0.3) is 0 Å². The Morgan fingerprint density at radius 2 is 2.00 bits per heavy atom. The van der Waals surface area contributed by atoms with Crippen LogP contribution in [0.15, 0.2) is 29.3 Å². The van der Waals surface area contributed by atoms with Crippen molar-refractivity contribution in [3.8, 4) is 5.75 Å². The van der Waals surface area contributed by atoms with Crippen LogP contribution in [0.1, 0.15) is 24.8 Å². The van der Waals surface area contributed by atoms with Gasteiger partial charge >= 0.3 is 0 Å². The van der Waals surface area contributed by atoms with Gasteiger partial charge in [-0.15, -0.1) is 0 Å². The van der Waals surface area contributed by atoms with Crippen molar-refractivity contribution in [3.63, 3.8) is 0 Å². The molecule has 5 nitrogen and oxygen atoms in total. The van der Waals surface area contributed by atoms with Gasteiger partial charge in [0.05, 0.1) is 7.11 Å². The Kier molecular flexibility index (Phi) is 5.96. The standard InChI is InChI=1S/C19H30N4O/c1-20-19(21-11-9-15-3-7-18(24-2)8-4-15)22-13-16-10-12-23(14-16)17-5-6-17/h3-4,7-8,16-17H,5-6,9-14H2,1-2H3,(H2,20,21,22). The first-order valence-corrected chi connectivity index (χ1v) is 9.10. The van der Waals surface area contributed by atoms with Crippen molar-refractivity contribution >= 4 is 5.96 Å². The maximum absolute atomic E-state index is 5.19. The van der Waals surface area contributed by atoms with Crippen molar-refractivity contribution in [1.82, 2.24) is 15.5 Å². The van der Waals surface area contributed by atoms with Gasteiger partial charge in [0.2, 0.25) is 0 Å². The number of nitrogens with zero attached hydrogens (tertiary/aromatic N) is 2. The summed E-state index contributed by atoms with van der Waals surface area (Å²) in [5, 5.41) is 6.90. The zero-order valence-corrected chi connectivity index (χ0v) is 14.9. The monoisotopic (exact) mass is 330 g/mol. The number of likely N-dealkylation sites (tertiary alicyclic amines) is 1. The summed E-state index contributed by atoms with van der Waals surface area (Å²) in [4.78, 5) is 6.99. The summed E-state index contributed by atoms with van der Waals surface area (Å²) in [7, 11) is 3.54. The fourth-order valence-electron chi connectivity index (χ4n) is 3.38. The minimum absolute atomic E-state index is 0.755. The van der Waals surface area contributed by atoms with Crippen LogP contribution < -0.4 is 15.4 Å². The van der Waals surface area contributed by atoms with E-state index in [1.165, 1.54) is 37.9 Å². The van der Waals surface area contributed by atoms with Crippen LogP contribution in [0.4, 0.5) is 0 Å². The van der Waals surface area contributed by atoms with Gasteiger partial charge in [-0.25, -0.2) is 0 Å². The van der Waals surface area contributed by atoms with Crippen molar-refractivity contribution in [2.24, 2.45) is 10.9 Å². The van der Waals surface area contributed by atoms with E-state index in [9.17, 15) is 0 Å². The van der Waals surface area contributed by atoms with Crippen molar-refractivity contribution in [2.75, 3.05) is 40.3 Å². The lowest BCUT2D eigenvalue weighted by Crippen LogP contribution is -2.41. The molecule has 3 rings (SSSR count). The highest BCUT2D eigenvalue weighted by Gasteiger charge is 2.34. The van der Waals surface area contributed by atoms with Crippen LogP contribution in [0.3, 0.4) is 0 Å². The van der Waals surface area contributed by atoms with E-state index in [0.29, 0.717) is 0 Å². The number of ether oxygens (including phenoxy) is 1. The Morgan fingerprint density at radius 3 is 2.67 bits per heavy atom. The zero-order valence-electron chi connectivity index (χ0n) is 14.9. The summed E-state index contributed by atoms with van der Waals surface area (Å²) in [6.45, 7) is 4.43. The minimum Gasteiger partial charge on any atom is -0.497 e. The van der Waals surface area contributed by atoms with Gasteiger partial charge in [0.1, 0.15) is 5.75 Å². The van der Waals surface area contributed by atoms with Crippen molar-refractivity contribution < 1.29 is 4.74 Å². The molecule has 24 heavy (non-hydrogen) atoms. The molecule has 1 heterocycles. The third-order valence-electron chi connectivity index (χ3n) is 5.03. The maximum atomic E-state index is 5.19. The molecule has 1 atom stereocenters. The highest BCUT2D eigenvalue weighted by Crippen LogP contribution is 2.31. The molecule has 1 aliphatic heterocycles. The van der Waals surface area contributed by atoms with Crippen molar-refractivity contribution in [1.29, 1.82) is 0 Å². The molecule has 1 saturated heterocycles. The molecule has 1 aliphatic carbocycles. The lowest BCUT2D eigenvalue weighted by molar-refractivity contribution is 0.314. The fraction of sp³-hybridized carbons (Fsp3) is 0.632. The van der Waals surface area contributed by atoms with Gasteiger partial charge in [-0.1, -0.05) is 12.1 Å². The van der Waals surface area contributed by atoms with Gasteiger partial charge in [-0.05, 0) is 55.8 Å². The van der Waals surface area contributed by atoms with Gasteiger partial charge in [-0.3, -0.25) is 4.99 Å². The second kappa shape index (κ2) is 8.38. The molecular formula is C19H30N4O. The van der Waals surface area contributed by atoms with E-state index in [0.717, 1.165) is 43.2 Å². The van der Waals surface area contributed by atoms with Gasteiger partial charge in [0, 0.05) is 32.7 Å². The number of nitrogens with one attached hydrogen (secondary N) is 2. The summed E-state index contributed by atoms with van der Waals surface area (Å²) in [5.74, 6) is 2.57. The molecule has 0 bridgehead atoms. The lowest BCUT2D eigenvalue weighted by atomic mass is 10.1. The molecular weight excluding hydrogens is 300 g/mol. The van der Waals surface area contributed by atoms with Crippen LogP contribution in [-0.2, 0) is 6.42 Å². The summed E-state index contributed by atoms with van der Waals surface area (Å²) < 4.78 is 5.19. The first kappa shape index (κ1) is 17.1. The molecule has 0 spiro atoms. The molecule has 132 valence electrons. The number of guanidine groups is 1. The third-order valence-corrected chi connectivity index (χ3v) is 5.03. The van der Waals surface area contributed by atoms with Gasteiger partial charge in [-0.2, -0.15) is 0 Å². The van der Waals surface area contributed by atoms with E-state index in [1.807, 2.05) is 19.2 Å². The van der Waals surface area contributed by atoms with Gasteiger partial charge < -0.3 is 20.3 Å². The molecule has 0 radical (unpaired) electrons. The number of rotatable bonds is 7. The number of benzene rings is 1. The molecule has 2 aliphatic rings. The van der Waals surface area contributed by atoms with Gasteiger partial charge in [0.25, 0.3) is 0 Å². The highest BCUT2D eigenvalue weighted by atomic mass is 16.5. The van der Waals surface area contributed by atoms with E-state index in [1.54, 1.807) is 7.11 Å². The first-order valence-electron chi connectivity index (χ1n) is 9.10. The second-order valence-electron chi connectivity index (χ2n) is 6.86. The van der Waals surface area contributed by atoms with E-state index < -0.39 is 0 Å². The Balaban J connectivity index is 1.34. The molecule has 2 N–H and O–H groups in total. The Morgan fingerprint density at radius 1 is 1.21 bits per heavy atom. The van der Waals surface area contributed by atoms with E-state index in [4.69, 9.17) is 4.74 Å². The predicted molar refractivity (Wildman–Crippen MR) is 98.8 cm³/mol. The van der Waals surface area contributed by atoms with E-state index >= 15 is 0 Å².